The Labute approximate surface area is 67.1 Å². The molecule has 0 radical (unpaired) electrons. The Hall–Kier alpha value is -1.78. The summed E-state index contributed by atoms with van der Waals surface area (Å²) in [6, 6.07) is 0. The van der Waals surface area contributed by atoms with Crippen molar-refractivity contribution in [3.8, 4) is 35.5 Å². The smallest absolute Gasteiger partial charge is 0.0761 e. The van der Waals surface area contributed by atoms with E-state index >= 15 is 0 Å². The van der Waals surface area contributed by atoms with Crippen molar-refractivity contribution in [2.75, 3.05) is 0 Å². The summed E-state index contributed by atoms with van der Waals surface area (Å²) in [6.07, 6.45) is 3.03. The monoisotopic (exact) mass is 144 g/mol. The normalized spacial score (nSPS) is 6.64. The summed E-state index contributed by atoms with van der Waals surface area (Å²) < 4.78 is 0. The van der Waals surface area contributed by atoms with E-state index in [9.17, 15) is 0 Å². The van der Waals surface area contributed by atoms with Gasteiger partial charge in [-0.15, -0.1) is 0 Å². The van der Waals surface area contributed by atoms with E-state index < -0.39 is 0 Å². The third kappa shape index (κ3) is 8.22. The van der Waals surface area contributed by atoms with Crippen LogP contribution in [0.4, 0.5) is 0 Å². The zero-order chi connectivity index (χ0) is 8.36. The molecule has 0 aromatic heterocycles. The molecule has 0 aromatic rings. The number of hydrogen-bond acceptors (Lipinski definition) is 1. The Morgan fingerprint density at radius 3 is 2.55 bits per heavy atom. The zero-order valence-corrected chi connectivity index (χ0v) is 6.31. The van der Waals surface area contributed by atoms with Crippen molar-refractivity contribution < 1.29 is 5.11 Å². The van der Waals surface area contributed by atoms with E-state index in [1.165, 1.54) is 0 Å². The minimum atomic E-state index is 0.519. The molecule has 0 aliphatic rings. The van der Waals surface area contributed by atoms with Crippen LogP contribution in [0.3, 0.4) is 0 Å². The van der Waals surface area contributed by atoms with Crippen LogP contribution in [0.5, 0.6) is 0 Å². The second-order valence-electron chi connectivity index (χ2n) is 1.52. The van der Waals surface area contributed by atoms with Gasteiger partial charge >= 0.3 is 0 Å². The largest absolute Gasteiger partial charge is 0.516 e. The van der Waals surface area contributed by atoms with Gasteiger partial charge in [0.25, 0.3) is 0 Å². The molecule has 0 bridgehead atoms. The Balaban J connectivity index is 3.72. The number of allylic oxidation sites excluding steroid dienone is 1. The van der Waals surface area contributed by atoms with Crippen molar-refractivity contribution in [3.63, 3.8) is 0 Å². The van der Waals surface area contributed by atoms with Crippen LogP contribution < -0.4 is 0 Å². The van der Waals surface area contributed by atoms with E-state index in [4.69, 9.17) is 5.11 Å². The van der Waals surface area contributed by atoms with Crippen LogP contribution in [-0.2, 0) is 0 Å². The highest BCUT2D eigenvalue weighted by Crippen LogP contribution is 1.74. The molecule has 0 aliphatic carbocycles. The Kier molecular flexibility index (Phi) is 6.89. The molecule has 0 fully saturated rings. The van der Waals surface area contributed by atoms with Crippen molar-refractivity contribution in [3.05, 3.63) is 12.3 Å². The highest BCUT2D eigenvalue weighted by molar-refractivity contribution is 5.35. The molecule has 54 valence electrons. The molecule has 0 saturated carbocycles. The molecular formula is C10H8O. The maximum atomic E-state index is 8.20. The first-order chi connectivity index (χ1) is 5.41. The van der Waals surface area contributed by atoms with Gasteiger partial charge in [-0.25, -0.2) is 0 Å². The lowest BCUT2D eigenvalue weighted by atomic mass is 10.4. The molecule has 0 heterocycles. The molecule has 0 atom stereocenters. The fourth-order valence-corrected chi connectivity index (χ4v) is 0.332. The minimum absolute atomic E-state index is 0.519. The first-order valence-electron chi connectivity index (χ1n) is 3.10. The van der Waals surface area contributed by atoms with E-state index in [0.29, 0.717) is 6.42 Å². The molecule has 0 rings (SSSR count). The average molecular weight is 144 g/mol. The third-order valence-corrected chi connectivity index (χ3v) is 0.726. The Morgan fingerprint density at radius 1 is 1.18 bits per heavy atom. The maximum absolute atomic E-state index is 8.20. The quantitative estimate of drug-likeness (QED) is 0.436. The maximum Gasteiger partial charge on any atom is 0.0761 e. The van der Waals surface area contributed by atoms with Crippen molar-refractivity contribution in [2.24, 2.45) is 0 Å². The lowest BCUT2D eigenvalue weighted by molar-refractivity contribution is 0.472. The standard InChI is InChI=1S/C10H8O/c1-2-3-4-5-6-7-8-9-10-11/h9-11H,8H2,1H3/b10-9+. The Bertz CT molecular complexity index is 291. The lowest BCUT2D eigenvalue weighted by Gasteiger charge is -1.69. The molecule has 1 nitrogen and oxygen atoms in total. The van der Waals surface area contributed by atoms with Gasteiger partial charge in [0.1, 0.15) is 0 Å². The SMILES string of the molecule is CC#CC#CC#CC/C=C/O. The van der Waals surface area contributed by atoms with Crippen LogP contribution in [0.25, 0.3) is 0 Å². The molecular weight excluding hydrogens is 136 g/mol. The van der Waals surface area contributed by atoms with Crippen molar-refractivity contribution in [2.45, 2.75) is 13.3 Å². The van der Waals surface area contributed by atoms with Crippen molar-refractivity contribution >= 4 is 0 Å². The second-order valence-corrected chi connectivity index (χ2v) is 1.52. The van der Waals surface area contributed by atoms with Gasteiger partial charge in [0.2, 0.25) is 0 Å². The molecule has 0 aromatic carbocycles. The zero-order valence-electron chi connectivity index (χ0n) is 6.31. The molecule has 11 heavy (non-hydrogen) atoms. The van der Waals surface area contributed by atoms with Gasteiger partial charge in [-0.3, -0.25) is 0 Å². The molecule has 0 amide bonds. The predicted molar refractivity (Wildman–Crippen MR) is 45.4 cm³/mol. The molecule has 0 spiro atoms. The van der Waals surface area contributed by atoms with Gasteiger partial charge in [-0.05, 0) is 36.7 Å². The van der Waals surface area contributed by atoms with Gasteiger partial charge < -0.3 is 5.11 Å². The van der Waals surface area contributed by atoms with Crippen molar-refractivity contribution in [1.29, 1.82) is 0 Å². The van der Waals surface area contributed by atoms with Gasteiger partial charge in [0.05, 0.1) is 6.26 Å². The second kappa shape index (κ2) is 8.22. The van der Waals surface area contributed by atoms with E-state index in [1.54, 1.807) is 13.0 Å². The van der Waals surface area contributed by atoms with Crippen LogP contribution in [0.15, 0.2) is 12.3 Å². The summed E-state index contributed by atoms with van der Waals surface area (Å²) in [6.45, 7) is 1.72. The summed E-state index contributed by atoms with van der Waals surface area (Å²) in [5.41, 5.74) is 0. The Morgan fingerprint density at radius 2 is 1.91 bits per heavy atom. The lowest BCUT2D eigenvalue weighted by Crippen LogP contribution is -1.58. The highest BCUT2D eigenvalue weighted by Gasteiger charge is 1.63. The predicted octanol–water partition coefficient (Wildman–Crippen LogP) is 1.48. The summed E-state index contributed by atoms with van der Waals surface area (Å²) >= 11 is 0. The fourth-order valence-electron chi connectivity index (χ4n) is 0.332. The average Bonchev–Trinajstić information content (AvgIpc) is 2.03. The fraction of sp³-hybridized carbons (Fsp3) is 0.200. The first-order valence-corrected chi connectivity index (χ1v) is 3.10. The topological polar surface area (TPSA) is 20.2 Å². The summed E-state index contributed by atoms with van der Waals surface area (Å²) in [5.74, 6) is 15.6. The molecule has 0 aliphatic heterocycles. The number of aliphatic hydroxyl groups excluding tert-OH is 1. The summed E-state index contributed by atoms with van der Waals surface area (Å²) in [4.78, 5) is 0. The number of hydrogen-bond donors (Lipinski definition) is 1. The molecule has 1 N–H and O–H groups in total. The van der Waals surface area contributed by atoms with Crippen LogP contribution in [0.1, 0.15) is 13.3 Å². The van der Waals surface area contributed by atoms with Crippen LogP contribution >= 0.6 is 0 Å². The van der Waals surface area contributed by atoms with Gasteiger partial charge in [-0.1, -0.05) is 11.8 Å². The molecule has 0 unspecified atom stereocenters. The molecule has 0 saturated heterocycles. The van der Waals surface area contributed by atoms with E-state index in [1.807, 2.05) is 0 Å². The van der Waals surface area contributed by atoms with Crippen molar-refractivity contribution in [1.82, 2.24) is 0 Å². The van der Waals surface area contributed by atoms with E-state index in [-0.39, 0.29) is 0 Å². The van der Waals surface area contributed by atoms with Gasteiger partial charge in [0.15, 0.2) is 0 Å². The number of rotatable bonds is 1. The summed E-state index contributed by atoms with van der Waals surface area (Å²) in [5, 5.41) is 8.20. The summed E-state index contributed by atoms with van der Waals surface area (Å²) in [7, 11) is 0. The van der Waals surface area contributed by atoms with Crippen LogP contribution in [0, 0.1) is 35.5 Å². The van der Waals surface area contributed by atoms with Gasteiger partial charge in [0, 0.05) is 6.42 Å². The van der Waals surface area contributed by atoms with E-state index in [2.05, 4.69) is 35.5 Å². The van der Waals surface area contributed by atoms with E-state index in [0.717, 1.165) is 6.26 Å². The van der Waals surface area contributed by atoms with Crippen LogP contribution in [0.2, 0.25) is 0 Å². The highest BCUT2D eigenvalue weighted by atomic mass is 16.2. The first kappa shape index (κ1) is 9.22. The van der Waals surface area contributed by atoms with Crippen LogP contribution in [-0.4, -0.2) is 5.11 Å². The van der Waals surface area contributed by atoms with Gasteiger partial charge in [-0.2, -0.15) is 0 Å². The minimum Gasteiger partial charge on any atom is -0.516 e. The number of aliphatic hydroxyl groups is 1. The third-order valence-electron chi connectivity index (χ3n) is 0.726. The molecule has 1 heteroatoms.